The fourth-order valence-electron chi connectivity index (χ4n) is 1.81. The summed E-state index contributed by atoms with van der Waals surface area (Å²) in [6.45, 7) is 0.321. The molecule has 0 saturated carbocycles. The lowest BCUT2D eigenvalue weighted by Crippen LogP contribution is -2.33. The number of anilines is 1. The predicted octanol–water partition coefficient (Wildman–Crippen LogP) is 1.75. The topological polar surface area (TPSA) is 62.3 Å². The molecule has 1 heterocycles. The number of pyridine rings is 1. The molecule has 0 spiro atoms. The SMILES string of the molecule is CN(C(=O)CC(=O)NCc1ccccn1)c1ccccc1. The first kappa shape index (κ1) is 14.7. The fraction of sp³-hybridized carbons (Fsp3) is 0.188. The highest BCUT2D eigenvalue weighted by Crippen LogP contribution is 2.11. The van der Waals surface area contributed by atoms with Gasteiger partial charge in [-0.15, -0.1) is 0 Å². The molecule has 0 unspecified atom stereocenters. The molecule has 2 amide bonds. The molecule has 0 aliphatic heterocycles. The van der Waals surface area contributed by atoms with Crippen LogP contribution < -0.4 is 10.2 Å². The average Bonchev–Trinajstić information content (AvgIpc) is 2.54. The van der Waals surface area contributed by atoms with Crippen molar-refractivity contribution >= 4 is 17.5 Å². The molecule has 0 saturated heterocycles. The number of aromatic nitrogens is 1. The van der Waals surface area contributed by atoms with Crippen molar-refractivity contribution in [3.8, 4) is 0 Å². The normalized spacial score (nSPS) is 9.95. The van der Waals surface area contributed by atoms with Crippen LogP contribution in [0.3, 0.4) is 0 Å². The third kappa shape index (κ3) is 4.42. The number of carbonyl (C=O) groups excluding carboxylic acids is 2. The Morgan fingerprint density at radius 1 is 1.10 bits per heavy atom. The summed E-state index contributed by atoms with van der Waals surface area (Å²) in [5.74, 6) is -0.562. The molecule has 0 radical (unpaired) electrons. The van der Waals surface area contributed by atoms with Gasteiger partial charge in [0.2, 0.25) is 11.8 Å². The third-order valence-electron chi connectivity index (χ3n) is 3.02. The fourth-order valence-corrected chi connectivity index (χ4v) is 1.81. The highest BCUT2D eigenvalue weighted by Gasteiger charge is 2.14. The van der Waals surface area contributed by atoms with Gasteiger partial charge in [0.1, 0.15) is 6.42 Å². The van der Waals surface area contributed by atoms with Crippen LogP contribution in [0.15, 0.2) is 54.7 Å². The van der Waals surface area contributed by atoms with Crippen molar-refractivity contribution in [3.63, 3.8) is 0 Å². The second kappa shape index (κ2) is 7.19. The molecule has 5 nitrogen and oxygen atoms in total. The molecule has 0 aliphatic carbocycles. The molecule has 0 atom stereocenters. The molecule has 0 fully saturated rings. The van der Waals surface area contributed by atoms with Crippen molar-refractivity contribution < 1.29 is 9.59 Å². The van der Waals surface area contributed by atoms with E-state index in [1.54, 1.807) is 13.2 Å². The number of nitrogens with one attached hydrogen (secondary N) is 1. The standard InChI is InChI=1S/C16H17N3O2/c1-19(14-8-3-2-4-9-14)16(21)11-15(20)18-12-13-7-5-6-10-17-13/h2-10H,11-12H2,1H3,(H,18,20). The lowest BCUT2D eigenvalue weighted by atomic mass is 10.2. The first-order valence-electron chi connectivity index (χ1n) is 6.65. The van der Waals surface area contributed by atoms with Crippen molar-refractivity contribution in [1.82, 2.24) is 10.3 Å². The summed E-state index contributed by atoms with van der Waals surface area (Å²) < 4.78 is 0. The quantitative estimate of drug-likeness (QED) is 0.850. The van der Waals surface area contributed by atoms with Crippen molar-refractivity contribution in [2.75, 3.05) is 11.9 Å². The van der Waals surface area contributed by atoms with Gasteiger partial charge in [0.05, 0.1) is 12.2 Å². The minimum absolute atomic E-state index is 0.182. The van der Waals surface area contributed by atoms with E-state index in [4.69, 9.17) is 0 Å². The Bertz CT molecular complexity index is 599. The molecule has 1 N–H and O–H groups in total. The molecular formula is C16H17N3O2. The van der Waals surface area contributed by atoms with Gasteiger partial charge in [0, 0.05) is 18.9 Å². The number of benzene rings is 1. The van der Waals surface area contributed by atoms with Gasteiger partial charge >= 0.3 is 0 Å². The lowest BCUT2D eigenvalue weighted by molar-refractivity contribution is -0.127. The van der Waals surface area contributed by atoms with E-state index >= 15 is 0 Å². The van der Waals surface area contributed by atoms with E-state index in [2.05, 4.69) is 10.3 Å². The van der Waals surface area contributed by atoms with E-state index < -0.39 is 0 Å². The molecular weight excluding hydrogens is 266 g/mol. The van der Waals surface area contributed by atoms with Gasteiger partial charge in [-0.05, 0) is 24.3 Å². The number of nitrogens with zero attached hydrogens (tertiary/aromatic N) is 2. The van der Waals surface area contributed by atoms with Crippen LogP contribution in [0.25, 0.3) is 0 Å². The summed E-state index contributed by atoms with van der Waals surface area (Å²) in [4.78, 5) is 29.4. The maximum absolute atomic E-state index is 12.0. The van der Waals surface area contributed by atoms with E-state index in [9.17, 15) is 9.59 Å². The van der Waals surface area contributed by atoms with Gasteiger partial charge in [-0.25, -0.2) is 0 Å². The molecule has 21 heavy (non-hydrogen) atoms. The Labute approximate surface area is 123 Å². The minimum Gasteiger partial charge on any atom is -0.350 e. The number of amides is 2. The largest absolute Gasteiger partial charge is 0.350 e. The highest BCUT2D eigenvalue weighted by atomic mass is 16.2. The summed E-state index contributed by atoms with van der Waals surface area (Å²) in [7, 11) is 1.66. The number of para-hydroxylation sites is 1. The zero-order chi connectivity index (χ0) is 15.1. The van der Waals surface area contributed by atoms with Gasteiger partial charge in [-0.3, -0.25) is 14.6 Å². The van der Waals surface area contributed by atoms with E-state index in [1.807, 2.05) is 48.5 Å². The maximum Gasteiger partial charge on any atom is 0.236 e. The monoisotopic (exact) mass is 283 g/mol. The van der Waals surface area contributed by atoms with Crippen LogP contribution in [-0.2, 0) is 16.1 Å². The Morgan fingerprint density at radius 3 is 2.48 bits per heavy atom. The zero-order valence-corrected chi connectivity index (χ0v) is 11.8. The van der Waals surface area contributed by atoms with Crippen LogP contribution in [0, 0.1) is 0 Å². The summed E-state index contributed by atoms with van der Waals surface area (Å²) >= 11 is 0. The zero-order valence-electron chi connectivity index (χ0n) is 11.8. The molecule has 0 aliphatic rings. The lowest BCUT2D eigenvalue weighted by Gasteiger charge is -2.16. The molecule has 2 rings (SSSR count). The molecule has 2 aromatic rings. The van der Waals surface area contributed by atoms with Gasteiger partial charge in [-0.1, -0.05) is 24.3 Å². The van der Waals surface area contributed by atoms with Crippen LogP contribution in [0.4, 0.5) is 5.69 Å². The number of carbonyl (C=O) groups is 2. The molecule has 5 heteroatoms. The Morgan fingerprint density at radius 2 is 1.81 bits per heavy atom. The van der Waals surface area contributed by atoms with Crippen LogP contribution in [0.2, 0.25) is 0 Å². The van der Waals surface area contributed by atoms with E-state index in [-0.39, 0.29) is 18.2 Å². The van der Waals surface area contributed by atoms with Crippen LogP contribution >= 0.6 is 0 Å². The minimum atomic E-state index is -0.312. The molecule has 1 aromatic heterocycles. The Kier molecular flexibility index (Phi) is 5.04. The Balaban J connectivity index is 1.83. The Hall–Kier alpha value is -2.69. The summed E-state index contributed by atoms with van der Waals surface area (Å²) in [6.07, 6.45) is 1.48. The first-order chi connectivity index (χ1) is 10.2. The highest BCUT2D eigenvalue weighted by molar-refractivity contribution is 6.04. The first-order valence-corrected chi connectivity index (χ1v) is 6.65. The van der Waals surface area contributed by atoms with Crippen molar-refractivity contribution in [2.24, 2.45) is 0 Å². The van der Waals surface area contributed by atoms with Crippen LogP contribution in [0.5, 0.6) is 0 Å². The third-order valence-corrected chi connectivity index (χ3v) is 3.02. The number of rotatable bonds is 5. The summed E-state index contributed by atoms with van der Waals surface area (Å²) in [5, 5.41) is 2.69. The molecule has 0 bridgehead atoms. The van der Waals surface area contributed by atoms with Crippen molar-refractivity contribution in [2.45, 2.75) is 13.0 Å². The van der Waals surface area contributed by atoms with Crippen molar-refractivity contribution in [3.05, 3.63) is 60.4 Å². The van der Waals surface area contributed by atoms with Crippen LogP contribution in [-0.4, -0.2) is 23.8 Å². The number of hydrogen-bond acceptors (Lipinski definition) is 3. The van der Waals surface area contributed by atoms with Gasteiger partial charge in [0.15, 0.2) is 0 Å². The smallest absolute Gasteiger partial charge is 0.236 e. The number of hydrogen-bond donors (Lipinski definition) is 1. The molecule has 108 valence electrons. The molecule has 1 aromatic carbocycles. The maximum atomic E-state index is 12.0. The summed E-state index contributed by atoms with van der Waals surface area (Å²) in [6, 6.07) is 14.7. The predicted molar refractivity (Wildman–Crippen MR) is 80.6 cm³/mol. The summed E-state index contributed by atoms with van der Waals surface area (Å²) in [5.41, 5.74) is 1.52. The van der Waals surface area contributed by atoms with Gasteiger partial charge < -0.3 is 10.2 Å². The van der Waals surface area contributed by atoms with Gasteiger partial charge in [0.25, 0.3) is 0 Å². The van der Waals surface area contributed by atoms with E-state index in [1.165, 1.54) is 4.90 Å². The van der Waals surface area contributed by atoms with Crippen molar-refractivity contribution in [1.29, 1.82) is 0 Å². The van der Waals surface area contributed by atoms with Gasteiger partial charge in [-0.2, -0.15) is 0 Å². The average molecular weight is 283 g/mol. The van der Waals surface area contributed by atoms with E-state index in [0.29, 0.717) is 6.54 Å². The second-order valence-corrected chi connectivity index (χ2v) is 4.56. The second-order valence-electron chi connectivity index (χ2n) is 4.56. The van der Waals surface area contributed by atoms with E-state index in [0.717, 1.165) is 11.4 Å². The van der Waals surface area contributed by atoms with Crippen LogP contribution in [0.1, 0.15) is 12.1 Å².